The molecule has 0 spiro atoms. The number of hydrogen-bond acceptors (Lipinski definition) is 7. The van der Waals surface area contributed by atoms with Crippen molar-refractivity contribution in [2.45, 2.75) is 5.75 Å². The lowest BCUT2D eigenvalue weighted by Crippen LogP contribution is -2.27. The van der Waals surface area contributed by atoms with Gasteiger partial charge < -0.3 is 29.2 Å². The van der Waals surface area contributed by atoms with E-state index in [2.05, 4.69) is 5.32 Å². The fourth-order valence-corrected chi connectivity index (χ4v) is 3.90. The van der Waals surface area contributed by atoms with E-state index in [-0.39, 0.29) is 11.8 Å². The van der Waals surface area contributed by atoms with Crippen LogP contribution in [0.4, 0.5) is 10.5 Å². The zero-order valence-electron chi connectivity index (χ0n) is 19.0. The second-order valence-corrected chi connectivity index (χ2v) is 8.80. The average Bonchev–Trinajstić information content (AvgIpc) is 2.76. The predicted octanol–water partition coefficient (Wildman–Crippen LogP) is 3.40. The lowest BCUT2D eigenvalue weighted by atomic mass is 10.1. The van der Waals surface area contributed by atoms with Crippen LogP contribution >= 0.6 is 0 Å². The smallest absolute Gasteiger partial charge is 0.321 e. The van der Waals surface area contributed by atoms with E-state index >= 15 is 0 Å². The van der Waals surface area contributed by atoms with E-state index in [9.17, 15) is 13.2 Å². The maximum absolute atomic E-state index is 12.8. The van der Waals surface area contributed by atoms with Crippen molar-refractivity contribution in [1.82, 2.24) is 4.90 Å². The van der Waals surface area contributed by atoms with Crippen molar-refractivity contribution >= 4 is 27.6 Å². The van der Waals surface area contributed by atoms with Gasteiger partial charge in [0.1, 0.15) is 23.0 Å². The molecule has 0 aliphatic rings. The summed E-state index contributed by atoms with van der Waals surface area (Å²) in [6, 6.07) is 7.72. The molecule has 0 saturated heterocycles. The van der Waals surface area contributed by atoms with Gasteiger partial charge in [-0.1, -0.05) is 6.07 Å². The molecule has 2 amide bonds. The van der Waals surface area contributed by atoms with Gasteiger partial charge in [0.25, 0.3) is 0 Å². The highest BCUT2D eigenvalue weighted by molar-refractivity contribution is 7.93. The SMILES string of the molecule is COc1cc(OC)c(/C=C/S(=O)(=O)Cc2ccc(OC)c(NC(=O)N(C)C)c2)c(OC)c1. The van der Waals surface area contributed by atoms with Crippen molar-refractivity contribution in [2.24, 2.45) is 0 Å². The molecule has 2 rings (SSSR count). The number of amides is 2. The highest BCUT2D eigenvalue weighted by Crippen LogP contribution is 2.35. The van der Waals surface area contributed by atoms with E-state index in [0.717, 1.165) is 5.41 Å². The third-order valence-electron chi connectivity index (χ3n) is 4.47. The molecule has 0 aliphatic heterocycles. The Morgan fingerprint density at radius 1 is 0.938 bits per heavy atom. The number of methoxy groups -OCH3 is 4. The molecular formula is C22H28N2O7S. The third kappa shape index (κ3) is 6.30. The summed E-state index contributed by atoms with van der Waals surface area (Å²) in [5, 5.41) is 3.79. The van der Waals surface area contributed by atoms with E-state index in [4.69, 9.17) is 18.9 Å². The molecule has 0 atom stereocenters. The first kappa shape index (κ1) is 24.9. The summed E-state index contributed by atoms with van der Waals surface area (Å²) >= 11 is 0. The molecule has 2 aromatic rings. The number of carbonyl (C=O) groups is 1. The molecule has 0 fully saturated rings. The highest BCUT2D eigenvalue weighted by atomic mass is 32.2. The molecule has 32 heavy (non-hydrogen) atoms. The number of ether oxygens (including phenoxy) is 4. The number of sulfone groups is 1. The van der Waals surface area contributed by atoms with E-state index < -0.39 is 9.84 Å². The summed E-state index contributed by atoms with van der Waals surface area (Å²) in [5.41, 5.74) is 1.33. The minimum absolute atomic E-state index is 0.279. The Balaban J connectivity index is 2.33. The molecule has 0 saturated carbocycles. The van der Waals surface area contributed by atoms with Crippen molar-refractivity contribution in [3.8, 4) is 23.0 Å². The van der Waals surface area contributed by atoms with Gasteiger partial charge in [-0.15, -0.1) is 0 Å². The number of anilines is 1. The summed E-state index contributed by atoms with van der Waals surface area (Å²) in [6.07, 6.45) is 1.42. The maximum atomic E-state index is 12.8. The summed E-state index contributed by atoms with van der Waals surface area (Å²) in [5.74, 6) is 1.48. The van der Waals surface area contributed by atoms with Crippen LogP contribution in [0.1, 0.15) is 11.1 Å². The molecule has 174 valence electrons. The fraction of sp³-hybridized carbons (Fsp3) is 0.318. The normalized spacial score (nSPS) is 11.2. The molecule has 0 heterocycles. The van der Waals surface area contributed by atoms with E-state index in [1.54, 1.807) is 44.4 Å². The standard InChI is InChI=1S/C22H28N2O7S/c1-24(2)22(25)23-18-11-15(7-8-19(18)29-4)14-32(26,27)10-9-17-20(30-5)12-16(28-3)13-21(17)31-6/h7-13H,14H2,1-6H3,(H,23,25)/b10-9+. The van der Waals surface area contributed by atoms with E-state index in [0.29, 0.717) is 39.8 Å². The van der Waals surface area contributed by atoms with Gasteiger partial charge in [-0.2, -0.15) is 0 Å². The van der Waals surface area contributed by atoms with Crippen LogP contribution in [0, 0.1) is 0 Å². The maximum Gasteiger partial charge on any atom is 0.321 e. The van der Waals surface area contributed by atoms with Gasteiger partial charge in [0.2, 0.25) is 0 Å². The Bertz CT molecular complexity index is 1070. The van der Waals surface area contributed by atoms with Crippen LogP contribution in [0.5, 0.6) is 23.0 Å². The first-order valence-corrected chi connectivity index (χ1v) is 11.2. The fourth-order valence-electron chi connectivity index (χ4n) is 2.82. The summed E-state index contributed by atoms with van der Waals surface area (Å²) < 4.78 is 46.7. The molecule has 1 N–H and O–H groups in total. The molecule has 0 bridgehead atoms. The van der Waals surface area contributed by atoms with Gasteiger partial charge in [-0.3, -0.25) is 0 Å². The first-order valence-electron chi connectivity index (χ1n) is 9.50. The second-order valence-electron chi connectivity index (χ2n) is 6.91. The van der Waals surface area contributed by atoms with Gasteiger partial charge in [0.15, 0.2) is 9.84 Å². The van der Waals surface area contributed by atoms with E-state index in [1.807, 2.05) is 0 Å². The minimum Gasteiger partial charge on any atom is -0.496 e. The Hall–Kier alpha value is -3.40. The quantitative estimate of drug-likeness (QED) is 0.607. The van der Waals surface area contributed by atoms with Crippen molar-refractivity contribution in [2.75, 3.05) is 47.9 Å². The molecule has 0 aromatic heterocycles. The molecule has 0 aliphatic carbocycles. The summed E-state index contributed by atoms with van der Waals surface area (Å²) in [6.45, 7) is 0. The van der Waals surface area contributed by atoms with Gasteiger partial charge in [-0.05, 0) is 23.8 Å². The van der Waals surface area contributed by atoms with Gasteiger partial charge in [0.05, 0.1) is 45.4 Å². The molecule has 0 radical (unpaired) electrons. The largest absolute Gasteiger partial charge is 0.496 e. The monoisotopic (exact) mass is 464 g/mol. The number of urea groups is 1. The van der Waals surface area contributed by atoms with Crippen LogP contribution in [0.25, 0.3) is 6.08 Å². The lowest BCUT2D eigenvalue weighted by Gasteiger charge is -2.15. The van der Waals surface area contributed by atoms with Gasteiger partial charge in [-0.25, -0.2) is 13.2 Å². The zero-order chi connectivity index (χ0) is 23.9. The van der Waals surface area contributed by atoms with Crippen LogP contribution < -0.4 is 24.3 Å². The zero-order valence-corrected chi connectivity index (χ0v) is 19.8. The average molecular weight is 465 g/mol. The molecule has 2 aromatic carbocycles. The van der Waals surface area contributed by atoms with Crippen LogP contribution in [-0.4, -0.2) is 61.9 Å². The Labute approximate surface area is 188 Å². The Kier molecular flexibility index (Phi) is 8.36. The summed E-state index contributed by atoms with van der Waals surface area (Å²) in [4.78, 5) is 13.4. The highest BCUT2D eigenvalue weighted by Gasteiger charge is 2.16. The Morgan fingerprint density at radius 2 is 1.53 bits per heavy atom. The van der Waals surface area contributed by atoms with Crippen molar-refractivity contribution < 1.29 is 32.2 Å². The van der Waals surface area contributed by atoms with Crippen molar-refractivity contribution in [1.29, 1.82) is 0 Å². The molecule has 9 nitrogen and oxygen atoms in total. The predicted molar refractivity (Wildman–Crippen MR) is 123 cm³/mol. The number of hydrogen-bond donors (Lipinski definition) is 1. The van der Waals surface area contributed by atoms with Crippen molar-refractivity contribution in [3.63, 3.8) is 0 Å². The minimum atomic E-state index is -3.67. The van der Waals surface area contributed by atoms with Crippen LogP contribution in [0.15, 0.2) is 35.7 Å². The lowest BCUT2D eigenvalue weighted by molar-refractivity contribution is 0.230. The number of nitrogens with one attached hydrogen (secondary N) is 1. The van der Waals surface area contributed by atoms with Crippen LogP contribution in [0.2, 0.25) is 0 Å². The Morgan fingerprint density at radius 3 is 2.03 bits per heavy atom. The topological polar surface area (TPSA) is 103 Å². The number of carbonyl (C=O) groups excluding carboxylic acids is 1. The first-order chi connectivity index (χ1) is 15.1. The van der Waals surface area contributed by atoms with Gasteiger partial charge in [0, 0.05) is 31.6 Å². The molecule has 0 unspecified atom stereocenters. The van der Waals surface area contributed by atoms with Crippen molar-refractivity contribution in [3.05, 3.63) is 46.9 Å². The second kappa shape index (κ2) is 10.8. The summed E-state index contributed by atoms with van der Waals surface area (Å²) in [7, 11) is 5.46. The third-order valence-corrected chi connectivity index (χ3v) is 5.76. The molecule has 10 heteroatoms. The van der Waals surface area contributed by atoms with E-state index in [1.165, 1.54) is 39.4 Å². The number of rotatable bonds is 9. The molecular weight excluding hydrogens is 436 g/mol. The number of nitrogens with zero attached hydrogens (tertiary/aromatic N) is 1. The van der Waals surface area contributed by atoms with Crippen LogP contribution in [-0.2, 0) is 15.6 Å². The number of benzene rings is 2. The van der Waals surface area contributed by atoms with Gasteiger partial charge >= 0.3 is 6.03 Å². The van der Waals surface area contributed by atoms with Crippen LogP contribution in [0.3, 0.4) is 0 Å².